The zero-order valence-electron chi connectivity index (χ0n) is 15.4. The molecule has 28 heavy (non-hydrogen) atoms. The topological polar surface area (TPSA) is 82.3 Å². The van der Waals surface area contributed by atoms with Crippen molar-refractivity contribution in [3.8, 4) is 0 Å². The van der Waals surface area contributed by atoms with Gasteiger partial charge in [0, 0.05) is 30.2 Å². The summed E-state index contributed by atoms with van der Waals surface area (Å²) >= 11 is 1.19. The molecule has 1 amide bonds. The van der Waals surface area contributed by atoms with Crippen LogP contribution in [-0.2, 0) is 21.2 Å². The van der Waals surface area contributed by atoms with Crippen molar-refractivity contribution in [2.24, 2.45) is 0 Å². The Morgan fingerprint density at radius 1 is 1.25 bits per heavy atom. The Bertz CT molecular complexity index is 1060. The SMILES string of the molecule is O=C(NCCCc1c[nH]c2ccccc12)C1CCCN1S(=O)(=O)c1cccs1. The van der Waals surface area contributed by atoms with Gasteiger partial charge in [-0.05, 0) is 48.8 Å². The summed E-state index contributed by atoms with van der Waals surface area (Å²) in [5.74, 6) is -0.198. The number of nitrogens with one attached hydrogen (secondary N) is 2. The molecule has 0 saturated carbocycles. The van der Waals surface area contributed by atoms with Gasteiger partial charge in [0.1, 0.15) is 10.3 Å². The molecule has 3 aromatic rings. The minimum absolute atomic E-state index is 0.198. The molecular weight excluding hydrogens is 394 g/mol. The van der Waals surface area contributed by atoms with Crippen LogP contribution in [0, 0.1) is 0 Å². The monoisotopic (exact) mass is 417 g/mol. The third-order valence-electron chi connectivity index (χ3n) is 5.16. The van der Waals surface area contributed by atoms with E-state index < -0.39 is 16.1 Å². The van der Waals surface area contributed by atoms with Gasteiger partial charge < -0.3 is 10.3 Å². The van der Waals surface area contributed by atoms with Gasteiger partial charge in [0.15, 0.2) is 0 Å². The van der Waals surface area contributed by atoms with Crippen molar-refractivity contribution >= 4 is 38.2 Å². The van der Waals surface area contributed by atoms with Crippen molar-refractivity contribution in [2.45, 2.75) is 35.9 Å². The molecule has 1 fully saturated rings. The van der Waals surface area contributed by atoms with E-state index in [9.17, 15) is 13.2 Å². The third kappa shape index (κ3) is 3.72. The molecule has 2 aromatic heterocycles. The lowest BCUT2D eigenvalue weighted by Gasteiger charge is -2.22. The molecule has 0 spiro atoms. The number of aromatic nitrogens is 1. The number of rotatable bonds is 7. The number of fused-ring (bicyclic) bond motifs is 1. The molecule has 1 aliphatic rings. The Morgan fingerprint density at radius 2 is 2.11 bits per heavy atom. The van der Waals surface area contributed by atoms with Gasteiger partial charge in [0.05, 0.1) is 0 Å². The summed E-state index contributed by atoms with van der Waals surface area (Å²) in [7, 11) is -3.59. The molecule has 0 bridgehead atoms. The van der Waals surface area contributed by atoms with E-state index in [0.717, 1.165) is 18.4 Å². The maximum atomic E-state index is 12.8. The number of aromatic amines is 1. The van der Waals surface area contributed by atoms with Crippen molar-refractivity contribution in [1.82, 2.24) is 14.6 Å². The van der Waals surface area contributed by atoms with Gasteiger partial charge >= 0.3 is 0 Å². The molecule has 6 nitrogen and oxygen atoms in total. The van der Waals surface area contributed by atoms with Gasteiger partial charge in [0.25, 0.3) is 10.0 Å². The van der Waals surface area contributed by atoms with Crippen LogP contribution in [-0.4, -0.2) is 42.7 Å². The molecule has 3 heterocycles. The summed E-state index contributed by atoms with van der Waals surface area (Å²) in [6, 6.07) is 10.8. The highest BCUT2D eigenvalue weighted by atomic mass is 32.2. The molecule has 0 radical (unpaired) electrons. The van der Waals surface area contributed by atoms with Gasteiger partial charge in [-0.15, -0.1) is 11.3 Å². The summed E-state index contributed by atoms with van der Waals surface area (Å²) in [6.45, 7) is 0.926. The molecule has 8 heteroatoms. The fraction of sp³-hybridized carbons (Fsp3) is 0.350. The smallest absolute Gasteiger partial charge is 0.253 e. The Labute approximate surface area is 168 Å². The first-order valence-electron chi connectivity index (χ1n) is 9.45. The van der Waals surface area contributed by atoms with Crippen LogP contribution >= 0.6 is 11.3 Å². The predicted octanol–water partition coefficient (Wildman–Crippen LogP) is 3.13. The quantitative estimate of drug-likeness (QED) is 0.580. The van der Waals surface area contributed by atoms with E-state index >= 15 is 0 Å². The second kappa shape index (κ2) is 8.06. The Kier molecular flexibility index (Phi) is 5.52. The van der Waals surface area contributed by atoms with Gasteiger partial charge in [-0.25, -0.2) is 8.42 Å². The van der Waals surface area contributed by atoms with Crippen LogP contribution < -0.4 is 5.32 Å². The Hall–Kier alpha value is -2.16. The van der Waals surface area contributed by atoms with Crippen LogP contribution in [0.1, 0.15) is 24.8 Å². The van der Waals surface area contributed by atoms with E-state index in [2.05, 4.69) is 16.4 Å². The maximum Gasteiger partial charge on any atom is 0.253 e. The first kappa shape index (κ1) is 19.2. The van der Waals surface area contributed by atoms with E-state index in [1.54, 1.807) is 17.5 Å². The van der Waals surface area contributed by atoms with E-state index in [1.807, 2.05) is 24.4 Å². The van der Waals surface area contributed by atoms with Crippen LogP contribution in [0.3, 0.4) is 0 Å². The number of para-hydroxylation sites is 1. The van der Waals surface area contributed by atoms with Gasteiger partial charge in [-0.2, -0.15) is 4.31 Å². The lowest BCUT2D eigenvalue weighted by molar-refractivity contribution is -0.124. The highest BCUT2D eigenvalue weighted by Gasteiger charge is 2.39. The number of carbonyl (C=O) groups is 1. The lowest BCUT2D eigenvalue weighted by Crippen LogP contribution is -2.45. The standard InChI is InChI=1S/C20H23N3O3S2/c24-20(18-9-4-12-23(18)28(25,26)19-10-5-13-27-19)21-11-3-6-15-14-22-17-8-2-1-7-16(15)17/h1-2,5,7-8,10,13-14,18,22H,3-4,6,9,11-12H2,(H,21,24). The van der Waals surface area contributed by atoms with Crippen LogP contribution in [0.15, 0.2) is 52.2 Å². The number of nitrogens with zero attached hydrogens (tertiary/aromatic N) is 1. The first-order valence-corrected chi connectivity index (χ1v) is 11.8. The summed E-state index contributed by atoms with van der Waals surface area (Å²) in [6.07, 6.45) is 4.94. The molecule has 1 aromatic carbocycles. The summed E-state index contributed by atoms with van der Waals surface area (Å²) in [5, 5.41) is 5.88. The molecule has 1 aliphatic heterocycles. The van der Waals surface area contributed by atoms with E-state index in [1.165, 1.54) is 26.6 Å². The van der Waals surface area contributed by atoms with Crippen molar-refractivity contribution < 1.29 is 13.2 Å². The fourth-order valence-corrected chi connectivity index (χ4v) is 6.54. The maximum absolute atomic E-state index is 12.8. The molecule has 148 valence electrons. The van der Waals surface area contributed by atoms with Crippen molar-refractivity contribution in [1.29, 1.82) is 0 Å². The number of thiophene rings is 1. The van der Waals surface area contributed by atoms with Gasteiger partial charge in [-0.1, -0.05) is 24.3 Å². The minimum atomic E-state index is -3.59. The third-order valence-corrected chi connectivity index (χ3v) is 8.44. The molecule has 0 aliphatic carbocycles. The summed E-state index contributed by atoms with van der Waals surface area (Å²) in [4.78, 5) is 15.9. The van der Waals surface area contributed by atoms with Gasteiger partial charge in [0.2, 0.25) is 5.91 Å². The van der Waals surface area contributed by atoms with E-state index in [-0.39, 0.29) is 5.91 Å². The Morgan fingerprint density at radius 3 is 2.93 bits per heavy atom. The van der Waals surface area contributed by atoms with Crippen LogP contribution in [0.25, 0.3) is 10.9 Å². The number of benzene rings is 1. The van der Waals surface area contributed by atoms with Crippen molar-refractivity contribution in [2.75, 3.05) is 13.1 Å². The number of hydrogen-bond acceptors (Lipinski definition) is 4. The number of H-pyrrole nitrogens is 1. The Balaban J connectivity index is 1.33. The summed E-state index contributed by atoms with van der Waals surface area (Å²) < 4.78 is 27.2. The van der Waals surface area contributed by atoms with E-state index in [4.69, 9.17) is 0 Å². The zero-order chi connectivity index (χ0) is 19.6. The number of aryl methyl sites for hydroxylation is 1. The molecule has 4 rings (SSSR count). The second-order valence-corrected chi connectivity index (χ2v) is 10.0. The zero-order valence-corrected chi connectivity index (χ0v) is 17.1. The molecule has 1 saturated heterocycles. The average molecular weight is 418 g/mol. The highest BCUT2D eigenvalue weighted by molar-refractivity contribution is 7.91. The summed E-state index contributed by atoms with van der Waals surface area (Å²) in [5.41, 5.74) is 2.34. The average Bonchev–Trinajstić information content (AvgIpc) is 3.46. The van der Waals surface area contributed by atoms with Crippen LogP contribution in [0.4, 0.5) is 0 Å². The van der Waals surface area contributed by atoms with E-state index in [0.29, 0.717) is 30.1 Å². The van der Waals surface area contributed by atoms with Gasteiger partial charge in [-0.3, -0.25) is 4.79 Å². The molecule has 1 unspecified atom stereocenters. The molecule has 1 atom stereocenters. The number of amides is 1. The molecule has 2 N–H and O–H groups in total. The lowest BCUT2D eigenvalue weighted by atomic mass is 10.1. The normalized spacial score (nSPS) is 17.9. The fourth-order valence-electron chi connectivity index (χ4n) is 3.76. The second-order valence-electron chi connectivity index (χ2n) is 6.96. The number of carbonyl (C=O) groups excluding carboxylic acids is 1. The predicted molar refractivity (Wildman–Crippen MR) is 111 cm³/mol. The minimum Gasteiger partial charge on any atom is -0.361 e. The first-order chi connectivity index (χ1) is 13.6. The highest BCUT2D eigenvalue weighted by Crippen LogP contribution is 2.28. The van der Waals surface area contributed by atoms with Crippen LogP contribution in [0.5, 0.6) is 0 Å². The van der Waals surface area contributed by atoms with Crippen LogP contribution in [0.2, 0.25) is 0 Å². The van der Waals surface area contributed by atoms with Crippen molar-refractivity contribution in [3.63, 3.8) is 0 Å². The number of sulfonamides is 1. The largest absolute Gasteiger partial charge is 0.361 e. The number of hydrogen-bond donors (Lipinski definition) is 2. The van der Waals surface area contributed by atoms with Crippen molar-refractivity contribution in [3.05, 3.63) is 53.5 Å². The molecular formula is C20H23N3O3S2.